The highest BCUT2D eigenvalue weighted by atomic mass is 35.5. The molecule has 0 aliphatic rings. The molecule has 2 heterocycles. The summed E-state index contributed by atoms with van der Waals surface area (Å²) in [4.78, 5) is 13.7. The Morgan fingerprint density at radius 1 is 1.32 bits per heavy atom. The summed E-state index contributed by atoms with van der Waals surface area (Å²) < 4.78 is 15.4. The molecule has 3 rings (SSSR count). The molecule has 0 atom stereocenters. The number of halogens is 2. The van der Waals surface area contributed by atoms with E-state index in [9.17, 15) is 9.18 Å². The van der Waals surface area contributed by atoms with Gasteiger partial charge >= 0.3 is 0 Å². The Labute approximate surface area is 128 Å². The van der Waals surface area contributed by atoms with E-state index in [4.69, 9.17) is 16.9 Å². The van der Waals surface area contributed by atoms with E-state index in [1.54, 1.807) is 12.1 Å². The van der Waals surface area contributed by atoms with Gasteiger partial charge in [-0.15, -0.1) is 5.10 Å². The summed E-state index contributed by atoms with van der Waals surface area (Å²) in [6, 6.07) is 7.71. The SMILES string of the molecule is N#Cc1cn(-c2ccc(Cl)cc2-c2cc(=O)[nH]cc2F)nn1. The Morgan fingerprint density at radius 3 is 2.86 bits per heavy atom. The standard InChI is InChI=1S/C14H7ClFN5O/c15-8-1-2-13(21-7-9(5-17)19-20-21)11(3-8)10-4-14(22)18-6-12(10)16/h1-4,6-7H,(H,18,22). The number of hydrogen-bond donors (Lipinski definition) is 1. The maximum absolute atomic E-state index is 14.0. The third-order valence-electron chi connectivity index (χ3n) is 2.98. The minimum absolute atomic E-state index is 0.0789. The molecule has 8 heteroatoms. The van der Waals surface area contributed by atoms with Gasteiger partial charge in [0.05, 0.1) is 11.9 Å². The Kier molecular flexibility index (Phi) is 3.45. The first kappa shape index (κ1) is 14.0. The van der Waals surface area contributed by atoms with E-state index < -0.39 is 11.4 Å². The molecule has 0 aliphatic carbocycles. The molecule has 0 bridgehead atoms. The van der Waals surface area contributed by atoms with Crippen LogP contribution < -0.4 is 5.56 Å². The highest BCUT2D eigenvalue weighted by Gasteiger charge is 2.14. The first-order valence-corrected chi connectivity index (χ1v) is 6.47. The van der Waals surface area contributed by atoms with Crippen molar-refractivity contribution in [2.24, 2.45) is 0 Å². The third kappa shape index (κ3) is 2.47. The van der Waals surface area contributed by atoms with Gasteiger partial charge < -0.3 is 4.98 Å². The fraction of sp³-hybridized carbons (Fsp3) is 0. The molecule has 3 aromatic rings. The summed E-state index contributed by atoms with van der Waals surface area (Å²) in [5.74, 6) is -0.608. The van der Waals surface area contributed by atoms with Crippen LogP contribution in [0, 0.1) is 17.1 Å². The molecular formula is C14H7ClFN5O. The van der Waals surface area contributed by atoms with Crippen molar-refractivity contribution in [2.45, 2.75) is 0 Å². The van der Waals surface area contributed by atoms with Crippen LogP contribution in [0.15, 0.2) is 41.5 Å². The molecule has 0 aliphatic heterocycles. The predicted molar refractivity (Wildman–Crippen MR) is 77.1 cm³/mol. The molecule has 108 valence electrons. The van der Waals surface area contributed by atoms with Crippen LogP contribution in [0.2, 0.25) is 5.02 Å². The van der Waals surface area contributed by atoms with Gasteiger partial charge in [0, 0.05) is 28.4 Å². The zero-order chi connectivity index (χ0) is 15.7. The summed E-state index contributed by atoms with van der Waals surface area (Å²) in [5.41, 5.74) is 0.564. The third-order valence-corrected chi connectivity index (χ3v) is 3.21. The fourth-order valence-electron chi connectivity index (χ4n) is 2.02. The van der Waals surface area contributed by atoms with Gasteiger partial charge in [-0.2, -0.15) is 5.26 Å². The summed E-state index contributed by atoms with van der Waals surface area (Å²) in [5, 5.41) is 16.7. The zero-order valence-electron chi connectivity index (χ0n) is 10.9. The van der Waals surface area contributed by atoms with Crippen LogP contribution in [-0.4, -0.2) is 20.0 Å². The fourth-order valence-corrected chi connectivity index (χ4v) is 2.19. The van der Waals surface area contributed by atoms with Gasteiger partial charge in [0.2, 0.25) is 5.56 Å². The number of H-pyrrole nitrogens is 1. The lowest BCUT2D eigenvalue weighted by Gasteiger charge is -2.10. The Hall–Kier alpha value is -2.98. The van der Waals surface area contributed by atoms with Gasteiger partial charge in [-0.1, -0.05) is 16.8 Å². The van der Waals surface area contributed by atoms with Crippen molar-refractivity contribution in [3.63, 3.8) is 0 Å². The van der Waals surface area contributed by atoms with Crippen molar-refractivity contribution in [3.8, 4) is 22.9 Å². The van der Waals surface area contributed by atoms with Crippen molar-refractivity contribution in [2.75, 3.05) is 0 Å². The number of aromatic nitrogens is 4. The summed E-state index contributed by atoms with van der Waals surface area (Å²) in [6.45, 7) is 0. The zero-order valence-corrected chi connectivity index (χ0v) is 11.7. The average Bonchev–Trinajstić information content (AvgIpc) is 2.98. The first-order valence-electron chi connectivity index (χ1n) is 6.09. The van der Waals surface area contributed by atoms with E-state index in [0.29, 0.717) is 16.3 Å². The second-order valence-corrected chi connectivity index (χ2v) is 4.82. The summed E-state index contributed by atoms with van der Waals surface area (Å²) in [7, 11) is 0. The van der Waals surface area contributed by atoms with Crippen molar-refractivity contribution in [1.29, 1.82) is 5.26 Å². The molecule has 0 saturated heterocycles. The average molecular weight is 316 g/mol. The van der Waals surface area contributed by atoms with Gasteiger partial charge in [0.25, 0.3) is 0 Å². The molecule has 6 nitrogen and oxygen atoms in total. The van der Waals surface area contributed by atoms with Crippen LogP contribution in [0.25, 0.3) is 16.8 Å². The van der Waals surface area contributed by atoms with Crippen LogP contribution in [0.5, 0.6) is 0 Å². The van der Waals surface area contributed by atoms with Crippen LogP contribution in [0.1, 0.15) is 5.69 Å². The number of nitrogens with one attached hydrogen (secondary N) is 1. The second-order valence-electron chi connectivity index (χ2n) is 4.38. The van der Waals surface area contributed by atoms with Crippen LogP contribution in [-0.2, 0) is 0 Å². The molecule has 0 spiro atoms. The lowest BCUT2D eigenvalue weighted by molar-refractivity contribution is 0.623. The largest absolute Gasteiger partial charge is 0.326 e. The van der Waals surface area contributed by atoms with E-state index >= 15 is 0 Å². The smallest absolute Gasteiger partial charge is 0.248 e. The van der Waals surface area contributed by atoms with Crippen molar-refractivity contribution < 1.29 is 4.39 Å². The topological polar surface area (TPSA) is 87.4 Å². The Bertz CT molecular complexity index is 956. The molecular weight excluding hydrogens is 309 g/mol. The number of nitrogens with zero attached hydrogens (tertiary/aromatic N) is 4. The Morgan fingerprint density at radius 2 is 2.14 bits per heavy atom. The number of hydrogen-bond acceptors (Lipinski definition) is 4. The van der Waals surface area contributed by atoms with Crippen molar-refractivity contribution in [1.82, 2.24) is 20.0 Å². The molecule has 0 unspecified atom stereocenters. The number of rotatable bonds is 2. The van der Waals surface area contributed by atoms with Gasteiger partial charge in [0.1, 0.15) is 11.9 Å². The number of benzene rings is 1. The van der Waals surface area contributed by atoms with Crippen LogP contribution >= 0.6 is 11.6 Å². The first-order chi connectivity index (χ1) is 10.6. The maximum atomic E-state index is 14.0. The molecule has 1 N–H and O–H groups in total. The number of nitriles is 1. The van der Waals surface area contributed by atoms with Gasteiger partial charge in [-0.25, -0.2) is 9.07 Å². The molecule has 1 aromatic carbocycles. The molecule has 0 radical (unpaired) electrons. The predicted octanol–water partition coefficient (Wildman–Crippen LogP) is 2.29. The van der Waals surface area contributed by atoms with Crippen LogP contribution in [0.3, 0.4) is 0 Å². The molecule has 0 amide bonds. The molecule has 0 fully saturated rings. The highest BCUT2D eigenvalue weighted by Crippen LogP contribution is 2.30. The molecule has 0 saturated carbocycles. The Balaban J connectivity index is 2.27. The summed E-state index contributed by atoms with van der Waals surface area (Å²) in [6.07, 6.45) is 2.38. The number of pyridine rings is 1. The van der Waals surface area contributed by atoms with Crippen molar-refractivity contribution >= 4 is 11.6 Å². The normalized spacial score (nSPS) is 10.4. The monoisotopic (exact) mass is 315 g/mol. The van der Waals surface area contributed by atoms with Crippen molar-refractivity contribution in [3.05, 3.63) is 63.5 Å². The highest BCUT2D eigenvalue weighted by molar-refractivity contribution is 6.31. The van der Waals surface area contributed by atoms with E-state index in [1.165, 1.54) is 16.9 Å². The van der Waals surface area contributed by atoms with E-state index in [0.717, 1.165) is 12.3 Å². The van der Waals surface area contributed by atoms with E-state index in [-0.39, 0.29) is 11.3 Å². The quantitative estimate of drug-likeness (QED) is 0.786. The van der Waals surface area contributed by atoms with E-state index in [1.807, 2.05) is 6.07 Å². The lowest BCUT2D eigenvalue weighted by Crippen LogP contribution is -2.06. The minimum atomic E-state index is -0.608. The van der Waals surface area contributed by atoms with Crippen LogP contribution in [0.4, 0.5) is 4.39 Å². The van der Waals surface area contributed by atoms with Gasteiger partial charge in [-0.05, 0) is 18.2 Å². The lowest BCUT2D eigenvalue weighted by atomic mass is 10.0. The van der Waals surface area contributed by atoms with E-state index in [2.05, 4.69) is 15.3 Å². The van der Waals surface area contributed by atoms with Gasteiger partial charge in [0.15, 0.2) is 5.69 Å². The summed E-state index contributed by atoms with van der Waals surface area (Å²) >= 11 is 5.97. The number of aromatic amines is 1. The second kappa shape index (κ2) is 5.42. The van der Waals surface area contributed by atoms with Gasteiger partial charge in [-0.3, -0.25) is 4.79 Å². The molecule has 22 heavy (non-hydrogen) atoms. The maximum Gasteiger partial charge on any atom is 0.248 e. The molecule has 2 aromatic heterocycles. The minimum Gasteiger partial charge on any atom is -0.326 e.